The van der Waals surface area contributed by atoms with E-state index >= 15 is 0 Å². The SMILES string of the molecule is COc1ccc2cc(C(C)C(=O)Oc3ccc(-c4nc(=O)ss4)cc3)ccc2c1.COc1ccc2cc(C(C)C(=O)Oc3ccc(C(N)=S)cc3)ccc2c1.O=C(Cl)SCl.S. The Hall–Kier alpha value is -5.00. The van der Waals surface area contributed by atoms with Crippen LogP contribution in [-0.2, 0) is 9.59 Å². The molecule has 1 aromatic heterocycles. The Bertz CT molecular complexity index is 2690. The number of fused-ring (bicyclic) bond motifs is 2. The summed E-state index contributed by atoms with van der Waals surface area (Å²) in [7, 11) is 11.0. The smallest absolute Gasteiger partial charge is 0.337 e. The average molecular weight is 954 g/mol. The normalized spacial score (nSPS) is 11.3. The second-order valence-corrected chi connectivity index (χ2v) is 16.9. The topological polar surface area (TPSA) is 144 Å². The largest absolute Gasteiger partial charge is 0.497 e. The fraction of sp³-hybridized carbons (Fsp3) is 0.136. The Morgan fingerprint density at radius 2 is 1.05 bits per heavy atom. The van der Waals surface area contributed by atoms with Crippen molar-refractivity contribution in [1.29, 1.82) is 0 Å². The summed E-state index contributed by atoms with van der Waals surface area (Å²) in [6, 6.07) is 37.3. The maximum Gasteiger partial charge on any atom is 0.337 e. The minimum Gasteiger partial charge on any atom is -0.497 e. The third kappa shape index (κ3) is 13.8. The number of rotatable bonds is 10. The summed E-state index contributed by atoms with van der Waals surface area (Å²) >= 11 is 9.57. The number of benzene rings is 6. The number of methoxy groups -OCH3 is 2. The van der Waals surface area contributed by atoms with Gasteiger partial charge in [0.1, 0.15) is 33.0 Å². The van der Waals surface area contributed by atoms with E-state index in [4.69, 9.17) is 47.6 Å². The molecule has 316 valence electrons. The van der Waals surface area contributed by atoms with Crippen LogP contribution in [0.5, 0.6) is 23.0 Å². The molecule has 7 rings (SSSR count). The van der Waals surface area contributed by atoms with Crippen LogP contribution in [0.4, 0.5) is 4.79 Å². The molecular formula is C44H38Cl2N2O8S5. The maximum absolute atomic E-state index is 12.6. The lowest BCUT2D eigenvalue weighted by Gasteiger charge is -2.13. The molecule has 0 saturated carbocycles. The quantitative estimate of drug-likeness (QED) is 0.0458. The first-order chi connectivity index (χ1) is 28.8. The van der Waals surface area contributed by atoms with E-state index in [2.05, 4.69) is 16.6 Å². The van der Waals surface area contributed by atoms with Gasteiger partial charge in [-0.05, 0) is 152 Å². The van der Waals surface area contributed by atoms with Gasteiger partial charge in [-0.2, -0.15) is 18.5 Å². The Morgan fingerprint density at radius 1 is 0.656 bits per heavy atom. The number of nitrogens with zero attached hydrogens (tertiary/aromatic N) is 1. The molecule has 2 unspecified atom stereocenters. The minimum atomic E-state index is -0.591. The van der Waals surface area contributed by atoms with Gasteiger partial charge in [-0.1, -0.05) is 71.1 Å². The zero-order valence-electron chi connectivity index (χ0n) is 32.9. The summed E-state index contributed by atoms with van der Waals surface area (Å²) in [5.41, 5.74) is 8.91. The van der Waals surface area contributed by atoms with Crippen LogP contribution >= 0.6 is 79.7 Å². The molecule has 0 saturated heterocycles. The molecule has 0 fully saturated rings. The summed E-state index contributed by atoms with van der Waals surface area (Å²) in [4.78, 5) is 49.8. The van der Waals surface area contributed by atoms with Gasteiger partial charge in [-0.3, -0.25) is 19.2 Å². The molecule has 2 N–H and O–H groups in total. The van der Waals surface area contributed by atoms with E-state index < -0.39 is 16.4 Å². The van der Waals surface area contributed by atoms with E-state index in [0.717, 1.165) is 65.6 Å². The molecule has 17 heteroatoms. The Kier molecular flexibility index (Phi) is 18.6. The predicted octanol–water partition coefficient (Wildman–Crippen LogP) is 11.6. The van der Waals surface area contributed by atoms with E-state index in [9.17, 15) is 19.2 Å². The molecule has 0 amide bonds. The predicted molar refractivity (Wildman–Crippen MR) is 258 cm³/mol. The minimum absolute atomic E-state index is 0. The van der Waals surface area contributed by atoms with Gasteiger partial charge in [0.25, 0.3) is 4.57 Å². The van der Waals surface area contributed by atoms with Crippen molar-refractivity contribution in [3.63, 3.8) is 0 Å². The fourth-order valence-corrected chi connectivity index (χ4v) is 7.41. The summed E-state index contributed by atoms with van der Waals surface area (Å²) in [6.07, 6.45) is 0. The van der Waals surface area contributed by atoms with Gasteiger partial charge in [0.05, 0.1) is 26.1 Å². The van der Waals surface area contributed by atoms with E-state index in [0.29, 0.717) is 32.5 Å². The van der Waals surface area contributed by atoms with E-state index in [1.807, 2.05) is 86.6 Å². The Balaban J connectivity index is 0.000000240. The molecule has 0 bridgehead atoms. The molecule has 0 radical (unpaired) electrons. The number of hydrogen-bond acceptors (Lipinski definition) is 13. The Morgan fingerprint density at radius 3 is 1.43 bits per heavy atom. The molecule has 0 aliphatic heterocycles. The highest BCUT2D eigenvalue weighted by Crippen LogP contribution is 2.29. The number of aromatic nitrogens is 1. The number of nitrogens with two attached hydrogens (primary N) is 1. The number of carbonyl (C=O) groups is 3. The van der Waals surface area contributed by atoms with Gasteiger partial charge in [-0.25, -0.2) is 0 Å². The zero-order valence-corrected chi connectivity index (χ0v) is 38.7. The molecule has 61 heavy (non-hydrogen) atoms. The average Bonchev–Trinajstić information content (AvgIpc) is 3.71. The lowest BCUT2D eigenvalue weighted by molar-refractivity contribution is -0.136. The van der Waals surface area contributed by atoms with Gasteiger partial charge in [-0.15, -0.1) is 0 Å². The third-order valence-electron chi connectivity index (χ3n) is 8.97. The summed E-state index contributed by atoms with van der Waals surface area (Å²) in [6.45, 7) is 3.66. The lowest BCUT2D eigenvalue weighted by atomic mass is 9.98. The molecule has 7 aromatic rings. The third-order valence-corrected chi connectivity index (χ3v) is 12.2. The van der Waals surface area contributed by atoms with Crippen molar-refractivity contribution in [3.8, 4) is 33.6 Å². The van der Waals surface area contributed by atoms with Crippen molar-refractivity contribution in [2.75, 3.05) is 14.2 Å². The lowest BCUT2D eigenvalue weighted by Crippen LogP contribution is -2.16. The molecule has 0 aliphatic rings. The molecule has 6 aromatic carbocycles. The monoisotopic (exact) mass is 952 g/mol. The number of thiocarbonyl (C=S) groups is 1. The number of ether oxygens (including phenoxy) is 4. The fourth-order valence-electron chi connectivity index (χ4n) is 5.62. The van der Waals surface area contributed by atoms with Crippen molar-refractivity contribution in [2.45, 2.75) is 25.7 Å². The number of carbonyl (C=O) groups excluding carboxylic acids is 3. The molecule has 1 heterocycles. The van der Waals surface area contributed by atoms with Crippen molar-refractivity contribution in [3.05, 3.63) is 148 Å². The van der Waals surface area contributed by atoms with E-state index in [-0.39, 0.29) is 30.3 Å². The Labute approximate surface area is 385 Å². The number of halogens is 2. The van der Waals surface area contributed by atoms with Crippen LogP contribution < -0.4 is 29.6 Å². The van der Waals surface area contributed by atoms with Crippen LogP contribution in [-0.4, -0.2) is 40.7 Å². The van der Waals surface area contributed by atoms with Gasteiger partial charge in [0.15, 0.2) is 0 Å². The first-order valence-corrected chi connectivity index (χ1v) is 22.4. The van der Waals surface area contributed by atoms with Gasteiger partial charge < -0.3 is 24.7 Å². The van der Waals surface area contributed by atoms with E-state index in [1.54, 1.807) is 62.8 Å². The zero-order chi connectivity index (χ0) is 43.3. The van der Waals surface area contributed by atoms with Crippen molar-refractivity contribution in [2.24, 2.45) is 5.73 Å². The second-order valence-electron chi connectivity index (χ2n) is 12.8. The molecule has 0 aliphatic carbocycles. The van der Waals surface area contributed by atoms with Crippen LogP contribution in [0.15, 0.2) is 126 Å². The highest BCUT2D eigenvalue weighted by molar-refractivity contribution is 8.34. The summed E-state index contributed by atoms with van der Waals surface area (Å²) < 4.78 is 20.9. The highest BCUT2D eigenvalue weighted by Gasteiger charge is 2.20. The van der Waals surface area contributed by atoms with Gasteiger partial charge in [0.2, 0.25) is 0 Å². The van der Waals surface area contributed by atoms with Crippen LogP contribution in [0.3, 0.4) is 0 Å². The first-order valence-electron chi connectivity index (χ1n) is 17.8. The van der Waals surface area contributed by atoms with Gasteiger partial charge >= 0.3 is 16.8 Å². The van der Waals surface area contributed by atoms with Crippen molar-refractivity contribution < 1.29 is 33.3 Å². The van der Waals surface area contributed by atoms with Crippen LogP contribution in [0.2, 0.25) is 0 Å². The van der Waals surface area contributed by atoms with Crippen LogP contribution in [0.25, 0.3) is 32.1 Å². The van der Waals surface area contributed by atoms with Crippen molar-refractivity contribution >= 4 is 123 Å². The van der Waals surface area contributed by atoms with Crippen LogP contribution in [0.1, 0.15) is 42.4 Å². The van der Waals surface area contributed by atoms with Crippen LogP contribution in [0, 0.1) is 0 Å². The first kappa shape index (κ1) is 48.7. The maximum atomic E-state index is 12.6. The molecule has 0 spiro atoms. The van der Waals surface area contributed by atoms with Gasteiger partial charge in [0, 0.05) is 22.1 Å². The summed E-state index contributed by atoms with van der Waals surface area (Å²) in [5.74, 6) is 1.07. The molecular weight excluding hydrogens is 916 g/mol. The number of hydrogen-bond donors (Lipinski definition) is 1. The second kappa shape index (κ2) is 23.3. The van der Waals surface area contributed by atoms with E-state index in [1.165, 1.54) is 10.3 Å². The standard InChI is InChI=1S/C22H17NO4S2.C21H19NO3S.CCl2OS.H2S/c1-13(15-3-4-17-12-19(26-2)10-7-16(17)11-15)21(24)27-18-8-5-14(6-9-18)20-23-22(25)29-28-20;1-13(21(23)25-18-8-5-14(6-9-18)20(22)26)15-3-4-17-12-19(24-2)10-7-16(17)11-15;2-1(4)5-3;/h3-13H,1-2H3;3-13H,1-2H3,(H2,22,26);;1H2. The highest BCUT2D eigenvalue weighted by atomic mass is 35.7. The molecule has 2 atom stereocenters. The summed E-state index contributed by atoms with van der Waals surface area (Å²) in [5, 5.41) is 4.85. The van der Waals surface area contributed by atoms with Crippen molar-refractivity contribution in [1.82, 2.24) is 4.98 Å². The number of esters is 2. The molecule has 10 nitrogen and oxygen atoms in total.